The number of nitrogens with one attached hydrogen (secondary N) is 1. The van der Waals surface area contributed by atoms with Crippen molar-refractivity contribution < 1.29 is 23.9 Å². The molecule has 0 aromatic heterocycles. The second-order valence-electron chi connectivity index (χ2n) is 8.78. The van der Waals surface area contributed by atoms with Crippen LogP contribution in [0.25, 0.3) is 11.1 Å². The second kappa shape index (κ2) is 12.2. The van der Waals surface area contributed by atoms with Crippen molar-refractivity contribution in [2.24, 2.45) is 17.4 Å². The van der Waals surface area contributed by atoms with Crippen molar-refractivity contribution in [1.82, 2.24) is 0 Å². The lowest BCUT2D eigenvalue weighted by Crippen LogP contribution is -2.39. The molecule has 2 atom stereocenters. The summed E-state index contributed by atoms with van der Waals surface area (Å²) >= 11 is 0. The number of amidine groups is 1. The number of rotatable bonds is 9. The summed E-state index contributed by atoms with van der Waals surface area (Å²) in [5.41, 5.74) is 14.3. The van der Waals surface area contributed by atoms with Gasteiger partial charge in [-0.1, -0.05) is 48.5 Å². The Morgan fingerprint density at radius 2 is 1.58 bits per heavy atom. The van der Waals surface area contributed by atoms with E-state index in [-0.39, 0.29) is 42.7 Å². The van der Waals surface area contributed by atoms with Crippen LogP contribution in [0.15, 0.2) is 72.8 Å². The first-order valence-electron chi connectivity index (χ1n) is 11.7. The molecular weight excluding hydrogens is 508 g/mol. The molecule has 9 nitrogen and oxygen atoms in total. The third-order valence-electron chi connectivity index (χ3n) is 6.40. The largest absolute Gasteiger partial charge is 0.491 e. The van der Waals surface area contributed by atoms with Crippen LogP contribution in [-0.2, 0) is 14.3 Å². The van der Waals surface area contributed by atoms with E-state index < -0.39 is 23.8 Å². The number of nitrogens with two attached hydrogens (primary N) is 2. The Balaban J connectivity index is 0.00000400. The van der Waals surface area contributed by atoms with Crippen LogP contribution in [0, 0.1) is 11.3 Å². The topological polar surface area (TPSA) is 149 Å². The molecule has 0 bridgehead atoms. The maximum absolute atomic E-state index is 13.3. The number of methoxy groups -OCH3 is 1. The first-order chi connectivity index (χ1) is 17.8. The van der Waals surface area contributed by atoms with Gasteiger partial charge in [0.1, 0.15) is 18.2 Å². The Bertz CT molecular complexity index is 1330. The van der Waals surface area contributed by atoms with E-state index in [9.17, 15) is 14.4 Å². The summed E-state index contributed by atoms with van der Waals surface area (Å²) < 4.78 is 10.8. The van der Waals surface area contributed by atoms with Crippen LogP contribution in [0.2, 0.25) is 0 Å². The molecule has 1 fully saturated rings. The van der Waals surface area contributed by atoms with Gasteiger partial charge in [0.2, 0.25) is 5.91 Å². The number of hydrogen-bond acceptors (Lipinski definition) is 6. The smallest absolute Gasteiger partial charge is 0.306 e. The molecule has 1 saturated heterocycles. The zero-order chi connectivity index (χ0) is 26.5. The lowest BCUT2D eigenvalue weighted by atomic mass is 10.0. The standard InChI is InChI=1S/C28H28N4O5.ClH/c1-36-25(33)15-20-14-21(32(28(20)35)24-5-3-2-4-23(24)27(31)34)16-37-22-12-10-18(11-13-22)17-6-8-19(9-7-17)26(29)30;/h2-13,20-21H,14-16H2,1H3,(H3,29,30)(H2,31,34);1H/t20-,21-;/m0./s1. The van der Waals surface area contributed by atoms with E-state index >= 15 is 0 Å². The van der Waals surface area contributed by atoms with Crippen LogP contribution in [0.5, 0.6) is 5.75 Å². The van der Waals surface area contributed by atoms with Crippen LogP contribution in [0.3, 0.4) is 0 Å². The van der Waals surface area contributed by atoms with Crippen molar-refractivity contribution >= 4 is 41.7 Å². The normalized spacial score (nSPS) is 16.4. The van der Waals surface area contributed by atoms with Gasteiger partial charge in [-0.25, -0.2) is 0 Å². The molecule has 2 amide bonds. The number of amides is 2. The highest BCUT2D eigenvalue weighted by molar-refractivity contribution is 6.06. The number of primary amides is 1. The Morgan fingerprint density at radius 1 is 0.974 bits per heavy atom. The summed E-state index contributed by atoms with van der Waals surface area (Å²) in [6.07, 6.45) is 0.305. The molecule has 10 heteroatoms. The maximum atomic E-state index is 13.3. The summed E-state index contributed by atoms with van der Waals surface area (Å²) in [7, 11) is 1.28. The number of nitrogens with zero attached hydrogens (tertiary/aromatic N) is 1. The maximum Gasteiger partial charge on any atom is 0.306 e. The van der Waals surface area contributed by atoms with Gasteiger partial charge in [-0.2, -0.15) is 0 Å². The molecule has 3 aromatic carbocycles. The molecule has 0 saturated carbocycles. The predicted octanol–water partition coefficient (Wildman–Crippen LogP) is 3.52. The van der Waals surface area contributed by atoms with Gasteiger partial charge in [0.05, 0.1) is 36.7 Å². The van der Waals surface area contributed by atoms with Crippen LogP contribution in [-0.4, -0.2) is 43.4 Å². The summed E-state index contributed by atoms with van der Waals surface area (Å²) in [5.74, 6) is -1.38. The molecule has 3 aromatic rings. The number of nitrogen functional groups attached to an aromatic ring is 1. The number of carbonyl (C=O) groups excluding carboxylic acids is 3. The number of hydrogen-bond donors (Lipinski definition) is 3. The number of ether oxygens (including phenoxy) is 2. The van der Waals surface area contributed by atoms with Gasteiger partial charge >= 0.3 is 5.97 Å². The Morgan fingerprint density at radius 3 is 2.16 bits per heavy atom. The van der Waals surface area contributed by atoms with Gasteiger partial charge in [0.25, 0.3) is 5.91 Å². The minimum absolute atomic E-state index is 0. The SMILES string of the molecule is COC(=O)C[C@@H]1C[C@@H](COc2ccc(-c3ccc(C(=N)N)cc3)cc2)N(c2ccccc2C(N)=O)C1=O.Cl. The summed E-state index contributed by atoms with van der Waals surface area (Å²) in [6.45, 7) is 0.156. The lowest BCUT2D eigenvalue weighted by Gasteiger charge is -2.26. The molecule has 1 aliphatic heterocycles. The molecule has 198 valence electrons. The Labute approximate surface area is 226 Å². The molecule has 0 spiro atoms. The minimum Gasteiger partial charge on any atom is -0.491 e. The molecule has 4 rings (SSSR count). The molecule has 0 aliphatic carbocycles. The van der Waals surface area contributed by atoms with Crippen molar-refractivity contribution in [3.8, 4) is 16.9 Å². The van der Waals surface area contributed by atoms with Gasteiger partial charge in [0.15, 0.2) is 0 Å². The predicted molar refractivity (Wildman–Crippen MR) is 147 cm³/mol. The highest BCUT2D eigenvalue weighted by Crippen LogP contribution is 2.35. The van der Waals surface area contributed by atoms with Crippen molar-refractivity contribution in [3.05, 3.63) is 83.9 Å². The lowest BCUT2D eigenvalue weighted by molar-refractivity contribution is -0.143. The van der Waals surface area contributed by atoms with Crippen molar-refractivity contribution in [2.45, 2.75) is 18.9 Å². The molecule has 1 heterocycles. The fourth-order valence-electron chi connectivity index (χ4n) is 4.49. The molecule has 5 N–H and O–H groups in total. The monoisotopic (exact) mass is 536 g/mol. The number of para-hydroxylation sites is 1. The van der Waals surface area contributed by atoms with Crippen molar-refractivity contribution in [3.63, 3.8) is 0 Å². The van der Waals surface area contributed by atoms with E-state index in [2.05, 4.69) is 0 Å². The van der Waals surface area contributed by atoms with Crippen LogP contribution >= 0.6 is 12.4 Å². The Hall–Kier alpha value is -4.37. The summed E-state index contributed by atoms with van der Waals surface area (Å²) in [6, 6.07) is 21.1. The third kappa shape index (κ3) is 6.12. The van der Waals surface area contributed by atoms with E-state index in [1.807, 2.05) is 36.4 Å². The van der Waals surface area contributed by atoms with E-state index in [4.69, 9.17) is 26.4 Å². The van der Waals surface area contributed by atoms with E-state index in [1.54, 1.807) is 36.4 Å². The average Bonchev–Trinajstić information content (AvgIpc) is 3.21. The quantitative estimate of drug-likeness (QED) is 0.216. The van der Waals surface area contributed by atoms with E-state index in [1.165, 1.54) is 12.0 Å². The summed E-state index contributed by atoms with van der Waals surface area (Å²) in [4.78, 5) is 38.8. The number of anilines is 1. The number of halogens is 1. The van der Waals surface area contributed by atoms with Gasteiger partial charge in [-0.3, -0.25) is 19.8 Å². The number of benzene rings is 3. The Kier molecular flexibility index (Phi) is 9.09. The molecule has 0 unspecified atom stereocenters. The number of carbonyl (C=O) groups is 3. The molecular formula is C28H29ClN4O5. The first kappa shape index (κ1) is 28.2. The fraction of sp³-hybridized carbons (Fsp3) is 0.214. The van der Waals surface area contributed by atoms with Gasteiger partial charge in [-0.15, -0.1) is 12.4 Å². The summed E-state index contributed by atoms with van der Waals surface area (Å²) in [5, 5.41) is 7.52. The zero-order valence-electron chi connectivity index (χ0n) is 20.8. The van der Waals surface area contributed by atoms with E-state index in [0.29, 0.717) is 23.4 Å². The number of esters is 1. The van der Waals surface area contributed by atoms with Crippen LogP contribution in [0.1, 0.15) is 28.8 Å². The third-order valence-corrected chi connectivity index (χ3v) is 6.40. The van der Waals surface area contributed by atoms with Gasteiger partial charge in [0, 0.05) is 5.56 Å². The van der Waals surface area contributed by atoms with Crippen LogP contribution < -0.4 is 21.1 Å². The second-order valence-corrected chi connectivity index (χ2v) is 8.78. The minimum atomic E-state index is -0.647. The molecule has 38 heavy (non-hydrogen) atoms. The van der Waals surface area contributed by atoms with Gasteiger partial charge in [-0.05, 0) is 41.8 Å². The first-order valence-corrected chi connectivity index (χ1v) is 11.7. The molecule has 1 aliphatic rings. The molecule has 0 radical (unpaired) electrons. The van der Waals surface area contributed by atoms with Gasteiger partial charge < -0.3 is 25.8 Å². The average molecular weight is 537 g/mol. The zero-order valence-corrected chi connectivity index (χ0v) is 21.6. The fourth-order valence-corrected chi connectivity index (χ4v) is 4.49. The highest BCUT2D eigenvalue weighted by Gasteiger charge is 2.42. The van der Waals surface area contributed by atoms with Crippen molar-refractivity contribution in [1.29, 1.82) is 5.41 Å². The van der Waals surface area contributed by atoms with Crippen molar-refractivity contribution in [2.75, 3.05) is 18.6 Å². The highest BCUT2D eigenvalue weighted by atomic mass is 35.5. The van der Waals surface area contributed by atoms with E-state index in [0.717, 1.165) is 11.1 Å². The van der Waals surface area contributed by atoms with Crippen LogP contribution in [0.4, 0.5) is 5.69 Å².